The van der Waals surface area contributed by atoms with Gasteiger partial charge in [-0.15, -0.1) is 0 Å². The van der Waals surface area contributed by atoms with E-state index < -0.39 is 0 Å². The quantitative estimate of drug-likeness (QED) is 0.833. The Labute approximate surface area is 135 Å². The Bertz CT molecular complexity index is 627. The summed E-state index contributed by atoms with van der Waals surface area (Å²) < 4.78 is 0. The zero-order chi connectivity index (χ0) is 15.4. The maximum absolute atomic E-state index is 6.26. The topological polar surface area (TPSA) is 37.8 Å². The molecule has 0 fully saturated rings. The zero-order valence-electron chi connectivity index (χ0n) is 12.5. The molecule has 21 heavy (non-hydrogen) atoms. The average molecular weight is 324 g/mol. The number of hydrogen-bond acceptors (Lipinski definition) is 3. The second-order valence-corrected chi connectivity index (χ2v) is 6.16. The number of hydrogen-bond donors (Lipinski definition) is 1. The van der Waals surface area contributed by atoms with Crippen molar-refractivity contribution in [3.63, 3.8) is 0 Å². The first-order valence-electron chi connectivity index (χ1n) is 7.06. The average Bonchev–Trinajstić information content (AvgIpc) is 2.41. The largest absolute Gasteiger partial charge is 0.370 e. The van der Waals surface area contributed by atoms with E-state index in [1.807, 2.05) is 13.0 Å². The normalized spacial score (nSPS) is 11.0. The van der Waals surface area contributed by atoms with Gasteiger partial charge < -0.3 is 5.32 Å². The van der Waals surface area contributed by atoms with Gasteiger partial charge in [0.05, 0.1) is 5.02 Å². The molecular formula is C16H19Cl2N3. The molecule has 0 radical (unpaired) electrons. The molecule has 0 atom stereocenters. The Kier molecular flexibility index (Phi) is 5.43. The van der Waals surface area contributed by atoms with E-state index in [-0.39, 0.29) is 0 Å². The van der Waals surface area contributed by atoms with Crippen LogP contribution in [0.15, 0.2) is 24.3 Å². The van der Waals surface area contributed by atoms with Crippen molar-refractivity contribution in [1.82, 2.24) is 9.97 Å². The van der Waals surface area contributed by atoms with E-state index >= 15 is 0 Å². The molecule has 0 saturated carbocycles. The minimum atomic E-state index is 0.525. The molecule has 2 rings (SSSR count). The second-order valence-electron chi connectivity index (χ2n) is 5.32. The van der Waals surface area contributed by atoms with Crippen molar-refractivity contribution in [2.45, 2.75) is 27.2 Å². The van der Waals surface area contributed by atoms with E-state index in [0.29, 0.717) is 21.8 Å². The number of nitrogens with one attached hydrogen (secondary N) is 1. The maximum atomic E-state index is 6.26. The third-order valence-electron chi connectivity index (χ3n) is 2.92. The van der Waals surface area contributed by atoms with Crippen LogP contribution < -0.4 is 5.32 Å². The van der Waals surface area contributed by atoms with Gasteiger partial charge in [0.25, 0.3) is 0 Å². The van der Waals surface area contributed by atoms with Gasteiger partial charge in [-0.2, -0.15) is 0 Å². The van der Waals surface area contributed by atoms with Gasteiger partial charge in [-0.05, 0) is 37.5 Å². The van der Waals surface area contributed by atoms with Crippen LogP contribution in [0.1, 0.15) is 26.5 Å². The van der Waals surface area contributed by atoms with Crippen molar-refractivity contribution < 1.29 is 0 Å². The monoisotopic (exact) mass is 323 g/mol. The smallest absolute Gasteiger partial charge is 0.163 e. The number of rotatable bonds is 5. The van der Waals surface area contributed by atoms with Crippen LogP contribution in [0.3, 0.4) is 0 Å². The number of halogens is 2. The molecule has 112 valence electrons. The number of aromatic nitrogens is 2. The Morgan fingerprint density at radius 3 is 2.57 bits per heavy atom. The minimum Gasteiger partial charge on any atom is -0.370 e. The zero-order valence-corrected chi connectivity index (χ0v) is 14.0. The van der Waals surface area contributed by atoms with E-state index in [2.05, 4.69) is 29.1 Å². The Morgan fingerprint density at radius 1 is 1.14 bits per heavy atom. The summed E-state index contributed by atoms with van der Waals surface area (Å²) in [7, 11) is 0. The summed E-state index contributed by atoms with van der Waals surface area (Å²) in [5.41, 5.74) is 1.76. The van der Waals surface area contributed by atoms with E-state index in [1.165, 1.54) is 0 Å². The highest BCUT2D eigenvalue weighted by Crippen LogP contribution is 2.29. The van der Waals surface area contributed by atoms with E-state index in [1.54, 1.807) is 18.2 Å². The summed E-state index contributed by atoms with van der Waals surface area (Å²) in [6.45, 7) is 7.18. The van der Waals surface area contributed by atoms with Gasteiger partial charge in [0.2, 0.25) is 0 Å². The fraction of sp³-hybridized carbons (Fsp3) is 0.375. The predicted octanol–water partition coefficient (Wildman–Crippen LogP) is 5.08. The first-order valence-corrected chi connectivity index (χ1v) is 7.82. The van der Waals surface area contributed by atoms with Crippen molar-refractivity contribution >= 4 is 29.0 Å². The fourth-order valence-corrected chi connectivity index (χ4v) is 2.46. The van der Waals surface area contributed by atoms with Crippen molar-refractivity contribution in [2.75, 3.05) is 11.9 Å². The minimum absolute atomic E-state index is 0.525. The molecule has 1 aromatic heterocycles. The molecule has 2 aromatic rings. The van der Waals surface area contributed by atoms with Crippen LogP contribution in [0, 0.1) is 5.92 Å². The molecule has 5 heteroatoms. The third-order valence-corrected chi connectivity index (χ3v) is 3.49. The standard InChI is InChI=1S/C16H19Cl2N3/c1-4-19-15-9-12(7-10(2)3)20-16(21-15)13-8-11(17)5-6-14(13)18/h5-6,8-10H,4,7H2,1-3H3,(H,19,20,21). The molecule has 0 aliphatic carbocycles. The fourth-order valence-electron chi connectivity index (χ4n) is 2.08. The SMILES string of the molecule is CCNc1cc(CC(C)C)nc(-c2cc(Cl)ccc2Cl)n1. The first kappa shape index (κ1) is 16.1. The van der Waals surface area contributed by atoms with Crippen LogP contribution in [0.5, 0.6) is 0 Å². The molecule has 3 nitrogen and oxygen atoms in total. The lowest BCUT2D eigenvalue weighted by atomic mass is 10.1. The van der Waals surface area contributed by atoms with Gasteiger partial charge in [0.1, 0.15) is 5.82 Å². The van der Waals surface area contributed by atoms with Gasteiger partial charge in [-0.25, -0.2) is 9.97 Å². The van der Waals surface area contributed by atoms with Crippen molar-refractivity contribution in [1.29, 1.82) is 0 Å². The molecule has 1 aromatic carbocycles. The Hall–Kier alpha value is -1.32. The summed E-state index contributed by atoms with van der Waals surface area (Å²) in [5.74, 6) is 1.95. The molecule has 0 bridgehead atoms. The highest BCUT2D eigenvalue weighted by atomic mass is 35.5. The predicted molar refractivity (Wildman–Crippen MR) is 90.2 cm³/mol. The van der Waals surface area contributed by atoms with E-state index in [9.17, 15) is 0 Å². The molecule has 1 N–H and O–H groups in total. The Balaban J connectivity index is 2.50. The van der Waals surface area contributed by atoms with Crippen LogP contribution in [-0.2, 0) is 6.42 Å². The lowest BCUT2D eigenvalue weighted by molar-refractivity contribution is 0.635. The summed E-state index contributed by atoms with van der Waals surface area (Å²) in [6, 6.07) is 7.32. The van der Waals surface area contributed by atoms with Gasteiger partial charge in [-0.1, -0.05) is 37.0 Å². The Morgan fingerprint density at radius 2 is 1.90 bits per heavy atom. The second kappa shape index (κ2) is 7.10. The van der Waals surface area contributed by atoms with Crippen molar-refractivity contribution in [3.05, 3.63) is 40.0 Å². The molecule has 0 spiro atoms. The molecular weight excluding hydrogens is 305 g/mol. The van der Waals surface area contributed by atoms with Crippen molar-refractivity contribution in [2.24, 2.45) is 5.92 Å². The van der Waals surface area contributed by atoms with Crippen LogP contribution in [0.2, 0.25) is 10.0 Å². The summed E-state index contributed by atoms with van der Waals surface area (Å²) in [4.78, 5) is 9.17. The van der Waals surface area contributed by atoms with Crippen LogP contribution >= 0.6 is 23.2 Å². The van der Waals surface area contributed by atoms with Gasteiger partial charge in [-0.3, -0.25) is 0 Å². The molecule has 0 aliphatic heterocycles. The molecule has 0 saturated heterocycles. The summed E-state index contributed by atoms with van der Waals surface area (Å²) >= 11 is 12.3. The van der Waals surface area contributed by atoms with Gasteiger partial charge in [0, 0.05) is 28.9 Å². The first-order chi connectivity index (χ1) is 9.99. The van der Waals surface area contributed by atoms with Crippen LogP contribution in [-0.4, -0.2) is 16.5 Å². The van der Waals surface area contributed by atoms with E-state index in [0.717, 1.165) is 30.0 Å². The van der Waals surface area contributed by atoms with Crippen LogP contribution in [0.25, 0.3) is 11.4 Å². The lowest BCUT2D eigenvalue weighted by Gasteiger charge is -2.11. The summed E-state index contributed by atoms with van der Waals surface area (Å²) in [5, 5.41) is 4.46. The number of nitrogens with zero attached hydrogens (tertiary/aromatic N) is 2. The summed E-state index contributed by atoms with van der Waals surface area (Å²) in [6.07, 6.45) is 0.895. The van der Waals surface area contributed by atoms with E-state index in [4.69, 9.17) is 23.2 Å². The lowest BCUT2D eigenvalue weighted by Crippen LogP contribution is -2.06. The molecule has 0 amide bonds. The van der Waals surface area contributed by atoms with Crippen LogP contribution in [0.4, 0.5) is 5.82 Å². The molecule has 0 aliphatic rings. The molecule has 1 heterocycles. The third kappa shape index (κ3) is 4.32. The van der Waals surface area contributed by atoms with Crippen molar-refractivity contribution in [3.8, 4) is 11.4 Å². The number of anilines is 1. The number of benzene rings is 1. The maximum Gasteiger partial charge on any atom is 0.163 e. The highest BCUT2D eigenvalue weighted by molar-refractivity contribution is 6.35. The van der Waals surface area contributed by atoms with Gasteiger partial charge in [0.15, 0.2) is 5.82 Å². The highest BCUT2D eigenvalue weighted by Gasteiger charge is 2.11. The van der Waals surface area contributed by atoms with Gasteiger partial charge >= 0.3 is 0 Å². The molecule has 0 unspecified atom stereocenters.